The first-order valence-corrected chi connectivity index (χ1v) is 8.88. The second kappa shape index (κ2) is 8.74. The Bertz CT molecular complexity index is 309. The van der Waals surface area contributed by atoms with Crippen molar-refractivity contribution in [2.75, 3.05) is 26.7 Å². The molecule has 1 unspecified atom stereocenters. The molecule has 1 atom stereocenters. The number of piperidine rings is 1. The van der Waals surface area contributed by atoms with E-state index >= 15 is 0 Å². The highest BCUT2D eigenvalue weighted by atomic mass is 16.2. The molecule has 1 amide bonds. The first-order chi connectivity index (χ1) is 10.2. The lowest BCUT2D eigenvalue weighted by atomic mass is 9.94. The van der Waals surface area contributed by atoms with Crippen LogP contribution >= 0.6 is 0 Å². The molecule has 1 aliphatic heterocycles. The SMILES string of the molecule is CC(C(=O)NC1CCCCC1)N(C)CCC1CCNCC1. The minimum Gasteiger partial charge on any atom is -0.352 e. The van der Waals surface area contributed by atoms with E-state index in [-0.39, 0.29) is 11.9 Å². The molecule has 1 heterocycles. The number of nitrogens with one attached hydrogen (secondary N) is 2. The Balaban J connectivity index is 1.67. The third-order valence-electron chi connectivity index (χ3n) is 5.34. The van der Waals surface area contributed by atoms with Crippen LogP contribution in [-0.2, 0) is 4.79 Å². The van der Waals surface area contributed by atoms with Crippen molar-refractivity contribution in [3.05, 3.63) is 0 Å². The van der Waals surface area contributed by atoms with Crippen LogP contribution in [0.4, 0.5) is 0 Å². The fourth-order valence-corrected chi connectivity index (χ4v) is 3.52. The molecule has 4 nitrogen and oxygen atoms in total. The number of carbonyl (C=O) groups excluding carboxylic acids is 1. The Kier molecular flexibility index (Phi) is 6.97. The summed E-state index contributed by atoms with van der Waals surface area (Å²) in [5.74, 6) is 1.05. The quantitative estimate of drug-likeness (QED) is 0.789. The van der Waals surface area contributed by atoms with E-state index in [1.165, 1.54) is 38.5 Å². The molecule has 0 aromatic carbocycles. The standard InChI is InChI=1S/C17H33N3O/c1-14(17(21)19-16-6-4-3-5-7-16)20(2)13-10-15-8-11-18-12-9-15/h14-16,18H,3-13H2,1-2H3,(H,19,21). The molecule has 2 aliphatic rings. The predicted octanol–water partition coefficient (Wildman–Crippen LogP) is 2.15. The largest absolute Gasteiger partial charge is 0.352 e. The van der Waals surface area contributed by atoms with Crippen LogP contribution in [-0.4, -0.2) is 49.6 Å². The second-order valence-electron chi connectivity index (χ2n) is 6.98. The van der Waals surface area contributed by atoms with E-state index in [0.717, 1.165) is 38.4 Å². The van der Waals surface area contributed by atoms with Crippen molar-refractivity contribution >= 4 is 5.91 Å². The minimum atomic E-state index is -0.00589. The lowest BCUT2D eigenvalue weighted by Crippen LogP contribution is -2.47. The van der Waals surface area contributed by atoms with Crippen LogP contribution in [0.2, 0.25) is 0 Å². The molecule has 2 rings (SSSR count). The summed E-state index contributed by atoms with van der Waals surface area (Å²) in [6.45, 7) is 5.39. The zero-order valence-electron chi connectivity index (χ0n) is 13.9. The Morgan fingerprint density at radius 1 is 1.19 bits per heavy atom. The summed E-state index contributed by atoms with van der Waals surface area (Å²) in [5.41, 5.74) is 0. The van der Waals surface area contributed by atoms with Crippen LogP contribution in [0.15, 0.2) is 0 Å². The van der Waals surface area contributed by atoms with Crippen molar-refractivity contribution in [1.82, 2.24) is 15.5 Å². The zero-order chi connectivity index (χ0) is 15.1. The van der Waals surface area contributed by atoms with Crippen molar-refractivity contribution in [2.24, 2.45) is 5.92 Å². The predicted molar refractivity (Wildman–Crippen MR) is 87.3 cm³/mol. The number of hydrogen-bond acceptors (Lipinski definition) is 3. The van der Waals surface area contributed by atoms with Gasteiger partial charge in [0.1, 0.15) is 0 Å². The van der Waals surface area contributed by atoms with Gasteiger partial charge >= 0.3 is 0 Å². The Hall–Kier alpha value is -0.610. The third kappa shape index (κ3) is 5.59. The van der Waals surface area contributed by atoms with Gasteiger partial charge in [0.2, 0.25) is 5.91 Å². The van der Waals surface area contributed by atoms with Crippen LogP contribution < -0.4 is 10.6 Å². The van der Waals surface area contributed by atoms with Crippen molar-refractivity contribution in [2.45, 2.75) is 70.4 Å². The van der Waals surface area contributed by atoms with Crippen LogP contribution in [0.3, 0.4) is 0 Å². The van der Waals surface area contributed by atoms with E-state index in [9.17, 15) is 4.79 Å². The van der Waals surface area contributed by atoms with Gasteiger partial charge in [-0.15, -0.1) is 0 Å². The summed E-state index contributed by atoms with van der Waals surface area (Å²) < 4.78 is 0. The number of likely N-dealkylation sites (N-methyl/N-ethyl adjacent to an activating group) is 1. The number of hydrogen-bond donors (Lipinski definition) is 2. The Morgan fingerprint density at radius 2 is 1.86 bits per heavy atom. The summed E-state index contributed by atoms with van der Waals surface area (Å²) in [7, 11) is 2.09. The second-order valence-corrected chi connectivity index (χ2v) is 6.98. The van der Waals surface area contributed by atoms with Crippen molar-refractivity contribution in [3.8, 4) is 0 Å². The molecule has 0 spiro atoms. The summed E-state index contributed by atoms with van der Waals surface area (Å²) in [5, 5.41) is 6.66. The molecule has 1 saturated heterocycles. The van der Waals surface area contributed by atoms with Gasteiger partial charge < -0.3 is 10.6 Å². The molecular weight excluding hydrogens is 262 g/mol. The molecule has 0 aromatic heterocycles. The number of carbonyl (C=O) groups is 1. The molecule has 0 radical (unpaired) electrons. The topological polar surface area (TPSA) is 44.4 Å². The van der Waals surface area contributed by atoms with Gasteiger partial charge in [-0.05, 0) is 71.6 Å². The van der Waals surface area contributed by atoms with Gasteiger partial charge in [0.05, 0.1) is 6.04 Å². The van der Waals surface area contributed by atoms with Crippen LogP contribution in [0.1, 0.15) is 58.3 Å². The van der Waals surface area contributed by atoms with Crippen LogP contribution in [0.25, 0.3) is 0 Å². The van der Waals surface area contributed by atoms with Crippen molar-refractivity contribution in [1.29, 1.82) is 0 Å². The fourth-order valence-electron chi connectivity index (χ4n) is 3.52. The monoisotopic (exact) mass is 295 g/mol. The van der Waals surface area contributed by atoms with E-state index in [2.05, 4.69) is 22.6 Å². The average molecular weight is 295 g/mol. The number of nitrogens with zero attached hydrogens (tertiary/aromatic N) is 1. The minimum absolute atomic E-state index is 0.00589. The van der Waals surface area contributed by atoms with Gasteiger partial charge in [-0.1, -0.05) is 19.3 Å². The van der Waals surface area contributed by atoms with Crippen LogP contribution in [0.5, 0.6) is 0 Å². The lowest BCUT2D eigenvalue weighted by Gasteiger charge is -2.30. The zero-order valence-corrected chi connectivity index (χ0v) is 13.9. The Morgan fingerprint density at radius 3 is 2.52 bits per heavy atom. The maximum absolute atomic E-state index is 12.3. The molecule has 2 fully saturated rings. The molecule has 2 N–H and O–H groups in total. The van der Waals surface area contributed by atoms with E-state index < -0.39 is 0 Å². The van der Waals surface area contributed by atoms with E-state index in [0.29, 0.717) is 6.04 Å². The normalized spacial score (nSPS) is 23.2. The van der Waals surface area contributed by atoms with Gasteiger partial charge in [-0.3, -0.25) is 9.69 Å². The van der Waals surface area contributed by atoms with E-state index in [1.807, 2.05) is 6.92 Å². The highest BCUT2D eigenvalue weighted by Crippen LogP contribution is 2.18. The van der Waals surface area contributed by atoms with Gasteiger partial charge in [0, 0.05) is 6.04 Å². The molecule has 4 heteroatoms. The van der Waals surface area contributed by atoms with E-state index in [4.69, 9.17) is 0 Å². The Labute approximate surface area is 130 Å². The smallest absolute Gasteiger partial charge is 0.237 e. The van der Waals surface area contributed by atoms with E-state index in [1.54, 1.807) is 0 Å². The maximum atomic E-state index is 12.3. The van der Waals surface area contributed by atoms with Gasteiger partial charge in [-0.2, -0.15) is 0 Å². The van der Waals surface area contributed by atoms with Crippen LogP contribution in [0, 0.1) is 5.92 Å². The summed E-state index contributed by atoms with van der Waals surface area (Å²) in [6, 6.07) is 0.417. The highest BCUT2D eigenvalue weighted by molar-refractivity contribution is 5.81. The van der Waals surface area contributed by atoms with Gasteiger partial charge in [0.15, 0.2) is 0 Å². The molecule has 1 saturated carbocycles. The first kappa shape index (κ1) is 16.8. The molecule has 1 aliphatic carbocycles. The molecule has 122 valence electrons. The molecule has 21 heavy (non-hydrogen) atoms. The number of rotatable bonds is 6. The summed E-state index contributed by atoms with van der Waals surface area (Å²) in [4.78, 5) is 14.6. The van der Waals surface area contributed by atoms with Crippen molar-refractivity contribution < 1.29 is 4.79 Å². The van der Waals surface area contributed by atoms with Gasteiger partial charge in [-0.25, -0.2) is 0 Å². The summed E-state index contributed by atoms with van der Waals surface area (Å²) in [6.07, 6.45) is 9.99. The van der Waals surface area contributed by atoms with Gasteiger partial charge in [0.25, 0.3) is 0 Å². The fraction of sp³-hybridized carbons (Fsp3) is 0.941. The molecule has 0 aromatic rings. The van der Waals surface area contributed by atoms with Crippen molar-refractivity contribution in [3.63, 3.8) is 0 Å². The molecule has 0 bridgehead atoms. The lowest BCUT2D eigenvalue weighted by molar-refractivity contribution is -0.126. The highest BCUT2D eigenvalue weighted by Gasteiger charge is 2.23. The third-order valence-corrected chi connectivity index (χ3v) is 5.34. The first-order valence-electron chi connectivity index (χ1n) is 8.88. The summed E-state index contributed by atoms with van der Waals surface area (Å²) >= 11 is 0. The maximum Gasteiger partial charge on any atom is 0.237 e. The number of amides is 1. The molecular formula is C17H33N3O. The average Bonchev–Trinajstić information content (AvgIpc) is 2.53.